The first kappa shape index (κ1) is 14.6. The quantitative estimate of drug-likeness (QED) is 0.843. The van der Waals surface area contributed by atoms with E-state index in [4.69, 9.17) is 21.4 Å². The summed E-state index contributed by atoms with van der Waals surface area (Å²) in [5, 5.41) is 13.2. The molecular weight excluding hydrogens is 262 g/mol. The third kappa shape index (κ3) is 3.85. The van der Waals surface area contributed by atoms with Crippen molar-refractivity contribution in [1.82, 2.24) is 5.32 Å². The second-order valence-electron chi connectivity index (χ2n) is 5.89. The summed E-state index contributed by atoms with van der Waals surface area (Å²) >= 11 is 6.13. The lowest BCUT2D eigenvalue weighted by Gasteiger charge is -2.24. The Hall–Kier alpha value is -0.770. The molecule has 19 heavy (non-hydrogen) atoms. The van der Waals surface area contributed by atoms with Crippen LogP contribution in [-0.4, -0.2) is 24.9 Å². The Bertz CT molecular complexity index is 446. The minimum atomic E-state index is 0.0946. The Labute approximate surface area is 119 Å². The molecule has 0 bridgehead atoms. The fourth-order valence-corrected chi connectivity index (χ4v) is 2.67. The highest BCUT2D eigenvalue weighted by atomic mass is 35.5. The van der Waals surface area contributed by atoms with Gasteiger partial charge in [0.15, 0.2) is 0 Å². The van der Waals surface area contributed by atoms with Gasteiger partial charge in [-0.25, -0.2) is 0 Å². The lowest BCUT2D eigenvalue weighted by molar-refractivity contribution is 0.207. The molecule has 3 nitrogen and oxygen atoms in total. The van der Waals surface area contributed by atoms with Crippen LogP contribution in [0.15, 0.2) is 12.1 Å². The van der Waals surface area contributed by atoms with Gasteiger partial charge in [-0.2, -0.15) is 0 Å². The van der Waals surface area contributed by atoms with Gasteiger partial charge < -0.3 is 15.2 Å². The van der Waals surface area contributed by atoms with E-state index in [9.17, 15) is 0 Å². The molecule has 0 aliphatic carbocycles. The molecule has 2 rings (SSSR count). The van der Waals surface area contributed by atoms with Gasteiger partial charge in [0, 0.05) is 36.7 Å². The van der Waals surface area contributed by atoms with Crippen LogP contribution in [0.5, 0.6) is 5.75 Å². The minimum absolute atomic E-state index is 0.0946. The Morgan fingerprint density at radius 3 is 2.95 bits per heavy atom. The van der Waals surface area contributed by atoms with Gasteiger partial charge >= 0.3 is 0 Å². The number of benzene rings is 1. The molecular formula is C15H22ClNO2. The maximum absolute atomic E-state index is 9.02. The number of ether oxygens (including phenoxy) is 1. The van der Waals surface area contributed by atoms with Gasteiger partial charge in [-0.1, -0.05) is 25.4 Å². The average molecular weight is 284 g/mol. The van der Waals surface area contributed by atoms with Crippen LogP contribution < -0.4 is 10.1 Å². The van der Waals surface area contributed by atoms with E-state index in [1.54, 1.807) is 0 Å². The Balaban J connectivity index is 1.97. The lowest BCUT2D eigenvalue weighted by Crippen LogP contribution is -2.30. The molecule has 1 heterocycles. The summed E-state index contributed by atoms with van der Waals surface area (Å²) in [6.07, 6.45) is 1.74. The molecule has 0 radical (unpaired) electrons. The number of hydrogen-bond donors (Lipinski definition) is 2. The first-order valence-corrected chi connectivity index (χ1v) is 7.15. The highest BCUT2D eigenvalue weighted by Crippen LogP contribution is 2.32. The molecule has 1 aromatic carbocycles. The van der Waals surface area contributed by atoms with E-state index in [1.807, 2.05) is 12.1 Å². The molecule has 0 amide bonds. The Kier molecular flexibility index (Phi) is 4.71. The first-order valence-electron chi connectivity index (χ1n) is 6.77. The van der Waals surface area contributed by atoms with Crippen LogP contribution in [0, 0.1) is 5.41 Å². The molecule has 1 aliphatic heterocycles. The van der Waals surface area contributed by atoms with Crippen molar-refractivity contribution in [3.8, 4) is 5.75 Å². The van der Waals surface area contributed by atoms with E-state index >= 15 is 0 Å². The third-order valence-corrected chi connectivity index (χ3v) is 3.75. The molecule has 1 aliphatic rings. The van der Waals surface area contributed by atoms with Gasteiger partial charge in [0.05, 0.1) is 6.61 Å². The van der Waals surface area contributed by atoms with Crippen molar-refractivity contribution >= 4 is 11.6 Å². The third-order valence-electron chi connectivity index (χ3n) is 3.53. The zero-order valence-corrected chi connectivity index (χ0v) is 12.4. The van der Waals surface area contributed by atoms with Crippen LogP contribution in [0.4, 0.5) is 0 Å². The van der Waals surface area contributed by atoms with Crippen LogP contribution in [0.1, 0.15) is 31.4 Å². The van der Waals surface area contributed by atoms with Gasteiger partial charge in [-0.3, -0.25) is 0 Å². The molecule has 106 valence electrons. The van der Waals surface area contributed by atoms with Crippen LogP contribution in [0.25, 0.3) is 0 Å². The number of aliphatic hydroxyl groups is 1. The van der Waals surface area contributed by atoms with Crippen molar-refractivity contribution in [3.63, 3.8) is 0 Å². The Morgan fingerprint density at radius 1 is 1.42 bits per heavy atom. The van der Waals surface area contributed by atoms with Crippen LogP contribution in [0.3, 0.4) is 0 Å². The van der Waals surface area contributed by atoms with Crippen molar-refractivity contribution in [3.05, 3.63) is 28.3 Å². The number of halogens is 1. The molecule has 0 aromatic heterocycles. The summed E-state index contributed by atoms with van der Waals surface area (Å²) in [6, 6.07) is 3.96. The normalized spacial score (nSPS) is 14.3. The van der Waals surface area contributed by atoms with Crippen molar-refractivity contribution in [2.45, 2.75) is 33.2 Å². The molecule has 0 spiro atoms. The summed E-state index contributed by atoms with van der Waals surface area (Å²) in [5.41, 5.74) is 2.43. The largest absolute Gasteiger partial charge is 0.493 e. The summed E-state index contributed by atoms with van der Waals surface area (Å²) < 4.78 is 5.68. The summed E-state index contributed by atoms with van der Waals surface area (Å²) in [4.78, 5) is 0. The number of aliphatic hydroxyl groups excluding tert-OH is 1. The standard InChI is InChI=1S/C15H22ClNO2/c1-15(2,4-5-18)10-17-9-12-8-13(16)7-11-3-6-19-14(11)12/h7-8,17-18H,3-6,9-10H2,1-2H3. The highest BCUT2D eigenvalue weighted by Gasteiger charge is 2.19. The maximum atomic E-state index is 9.02. The molecule has 1 aromatic rings. The number of hydrogen-bond acceptors (Lipinski definition) is 3. The van der Waals surface area contributed by atoms with Gasteiger partial charge in [0.25, 0.3) is 0 Å². The summed E-state index contributed by atoms with van der Waals surface area (Å²) in [5.74, 6) is 0.997. The van der Waals surface area contributed by atoms with Crippen LogP contribution in [0.2, 0.25) is 5.02 Å². The first-order chi connectivity index (χ1) is 9.02. The molecule has 0 saturated carbocycles. The van der Waals surface area contributed by atoms with Gasteiger partial charge in [-0.15, -0.1) is 0 Å². The van der Waals surface area contributed by atoms with Crippen molar-refractivity contribution in [2.75, 3.05) is 19.8 Å². The molecule has 4 heteroatoms. The molecule has 0 saturated heterocycles. The van der Waals surface area contributed by atoms with Crippen molar-refractivity contribution in [2.24, 2.45) is 5.41 Å². The van der Waals surface area contributed by atoms with Gasteiger partial charge in [0.1, 0.15) is 5.75 Å². The number of fused-ring (bicyclic) bond motifs is 1. The SMILES string of the molecule is CC(C)(CCO)CNCc1cc(Cl)cc2c1OCC2. The topological polar surface area (TPSA) is 41.5 Å². The van der Waals surface area contributed by atoms with Gasteiger partial charge in [0.2, 0.25) is 0 Å². The van der Waals surface area contributed by atoms with E-state index in [0.717, 1.165) is 48.9 Å². The smallest absolute Gasteiger partial charge is 0.127 e. The van der Waals surface area contributed by atoms with E-state index in [-0.39, 0.29) is 12.0 Å². The highest BCUT2D eigenvalue weighted by molar-refractivity contribution is 6.30. The predicted molar refractivity (Wildman–Crippen MR) is 77.8 cm³/mol. The zero-order valence-electron chi connectivity index (χ0n) is 11.6. The average Bonchev–Trinajstić information content (AvgIpc) is 2.76. The predicted octanol–water partition coefficient (Wildman–Crippen LogP) is 2.77. The second kappa shape index (κ2) is 6.12. The molecule has 0 fully saturated rings. The number of rotatable bonds is 6. The summed E-state index contributed by atoms with van der Waals surface area (Å²) in [7, 11) is 0. The van der Waals surface area contributed by atoms with Crippen LogP contribution in [-0.2, 0) is 13.0 Å². The maximum Gasteiger partial charge on any atom is 0.127 e. The van der Waals surface area contributed by atoms with Crippen molar-refractivity contribution < 1.29 is 9.84 Å². The van der Waals surface area contributed by atoms with E-state index < -0.39 is 0 Å². The van der Waals surface area contributed by atoms with Crippen molar-refractivity contribution in [1.29, 1.82) is 0 Å². The zero-order chi connectivity index (χ0) is 13.9. The summed E-state index contributed by atoms with van der Waals surface area (Å²) in [6.45, 7) is 6.87. The van der Waals surface area contributed by atoms with Gasteiger partial charge in [-0.05, 0) is 29.5 Å². The Morgan fingerprint density at radius 2 is 2.21 bits per heavy atom. The second-order valence-corrected chi connectivity index (χ2v) is 6.33. The fourth-order valence-electron chi connectivity index (χ4n) is 2.40. The molecule has 0 unspecified atom stereocenters. The lowest BCUT2D eigenvalue weighted by atomic mass is 9.89. The van der Waals surface area contributed by atoms with E-state index in [0.29, 0.717) is 0 Å². The molecule has 0 atom stereocenters. The minimum Gasteiger partial charge on any atom is -0.493 e. The van der Waals surface area contributed by atoms with Crippen LogP contribution >= 0.6 is 11.6 Å². The number of nitrogens with one attached hydrogen (secondary N) is 1. The molecule has 2 N–H and O–H groups in total. The monoisotopic (exact) mass is 283 g/mol. The fraction of sp³-hybridized carbons (Fsp3) is 0.600. The van der Waals surface area contributed by atoms with E-state index in [2.05, 4.69) is 19.2 Å². The van der Waals surface area contributed by atoms with E-state index in [1.165, 1.54) is 5.56 Å².